The van der Waals surface area contributed by atoms with Gasteiger partial charge in [-0.2, -0.15) is 0 Å². The van der Waals surface area contributed by atoms with Gasteiger partial charge in [0, 0.05) is 16.5 Å². The van der Waals surface area contributed by atoms with Crippen LogP contribution in [0.2, 0.25) is 0 Å². The molecule has 5 heteroatoms. The van der Waals surface area contributed by atoms with Gasteiger partial charge in [-0.1, -0.05) is 18.2 Å². The second kappa shape index (κ2) is 7.27. The zero-order valence-electron chi connectivity index (χ0n) is 13.6. The van der Waals surface area contributed by atoms with Gasteiger partial charge in [0.2, 0.25) is 0 Å². The van der Waals surface area contributed by atoms with Crippen molar-refractivity contribution in [1.82, 2.24) is 4.98 Å². The predicted molar refractivity (Wildman–Crippen MR) is 97.9 cm³/mol. The van der Waals surface area contributed by atoms with Gasteiger partial charge in [-0.15, -0.1) is 11.3 Å². The van der Waals surface area contributed by atoms with Gasteiger partial charge in [-0.05, 0) is 44.2 Å². The summed E-state index contributed by atoms with van der Waals surface area (Å²) < 4.78 is 5.40. The van der Waals surface area contributed by atoms with Gasteiger partial charge in [0.05, 0.1) is 23.0 Å². The fourth-order valence-corrected chi connectivity index (χ4v) is 2.98. The van der Waals surface area contributed by atoms with Crippen LogP contribution in [0.3, 0.4) is 0 Å². The summed E-state index contributed by atoms with van der Waals surface area (Å²) in [6, 6.07) is 14.8. The first-order valence-electron chi connectivity index (χ1n) is 7.73. The van der Waals surface area contributed by atoms with Gasteiger partial charge in [0.15, 0.2) is 0 Å². The molecule has 0 unspecified atom stereocenters. The molecule has 0 aliphatic heterocycles. The summed E-state index contributed by atoms with van der Waals surface area (Å²) in [5.74, 6) is 0.602. The zero-order valence-corrected chi connectivity index (χ0v) is 14.4. The Morgan fingerprint density at radius 1 is 1.17 bits per heavy atom. The molecule has 3 aromatic rings. The molecule has 122 valence electrons. The molecule has 1 amide bonds. The Balaban J connectivity index is 1.82. The van der Waals surface area contributed by atoms with Crippen LogP contribution in [0.4, 0.5) is 5.69 Å². The van der Waals surface area contributed by atoms with Crippen LogP contribution in [-0.2, 0) is 0 Å². The minimum atomic E-state index is -0.155. The topological polar surface area (TPSA) is 51.2 Å². The second-order valence-corrected chi connectivity index (χ2v) is 6.27. The number of aryl methyl sites for hydroxylation is 1. The van der Waals surface area contributed by atoms with Crippen molar-refractivity contribution in [3.8, 4) is 17.0 Å². The van der Waals surface area contributed by atoms with Crippen molar-refractivity contribution in [2.45, 2.75) is 13.8 Å². The van der Waals surface area contributed by atoms with Crippen LogP contribution < -0.4 is 10.1 Å². The highest BCUT2D eigenvalue weighted by Crippen LogP contribution is 2.29. The predicted octanol–water partition coefficient (Wildman–Crippen LogP) is 4.77. The van der Waals surface area contributed by atoms with Crippen molar-refractivity contribution in [3.05, 3.63) is 64.5 Å². The molecule has 0 saturated heterocycles. The maximum atomic E-state index is 12.5. The number of carbonyl (C=O) groups is 1. The van der Waals surface area contributed by atoms with Crippen LogP contribution in [-0.4, -0.2) is 17.5 Å². The fraction of sp³-hybridized carbons (Fsp3) is 0.158. The lowest BCUT2D eigenvalue weighted by Gasteiger charge is -2.10. The zero-order chi connectivity index (χ0) is 16.9. The first kappa shape index (κ1) is 16.2. The van der Waals surface area contributed by atoms with E-state index < -0.39 is 0 Å². The minimum Gasteiger partial charge on any atom is -0.494 e. The molecule has 1 aromatic heterocycles. The van der Waals surface area contributed by atoms with Crippen molar-refractivity contribution in [1.29, 1.82) is 0 Å². The van der Waals surface area contributed by atoms with Gasteiger partial charge in [-0.3, -0.25) is 4.79 Å². The number of amides is 1. The molecule has 3 rings (SSSR count). The van der Waals surface area contributed by atoms with Crippen molar-refractivity contribution in [3.63, 3.8) is 0 Å². The fourth-order valence-electron chi connectivity index (χ4n) is 2.37. The van der Waals surface area contributed by atoms with E-state index in [1.807, 2.05) is 43.5 Å². The van der Waals surface area contributed by atoms with Gasteiger partial charge >= 0.3 is 0 Å². The number of thiazole rings is 1. The lowest BCUT2D eigenvalue weighted by Crippen LogP contribution is -2.12. The van der Waals surface area contributed by atoms with Crippen molar-refractivity contribution >= 4 is 22.9 Å². The SMILES string of the molecule is CCOc1ccc(C(=O)Nc2ccccc2-c2csc(C)n2)cc1. The molecule has 0 aliphatic carbocycles. The molecular formula is C19H18N2O2S. The van der Waals surface area contributed by atoms with Gasteiger partial charge < -0.3 is 10.1 Å². The number of nitrogens with one attached hydrogen (secondary N) is 1. The summed E-state index contributed by atoms with van der Waals surface area (Å²) in [4.78, 5) is 17.0. The number of hydrogen-bond donors (Lipinski definition) is 1. The molecule has 0 fully saturated rings. The van der Waals surface area contributed by atoms with E-state index in [2.05, 4.69) is 10.3 Å². The quantitative estimate of drug-likeness (QED) is 0.729. The Morgan fingerprint density at radius 3 is 2.58 bits per heavy atom. The first-order valence-corrected chi connectivity index (χ1v) is 8.61. The molecule has 1 N–H and O–H groups in total. The Labute approximate surface area is 145 Å². The molecule has 1 heterocycles. The van der Waals surface area contributed by atoms with E-state index in [1.54, 1.807) is 35.6 Å². The lowest BCUT2D eigenvalue weighted by atomic mass is 10.1. The number of para-hydroxylation sites is 1. The average molecular weight is 338 g/mol. The largest absolute Gasteiger partial charge is 0.494 e. The van der Waals surface area contributed by atoms with Gasteiger partial charge in [0.1, 0.15) is 5.75 Å². The number of aromatic nitrogens is 1. The van der Waals surface area contributed by atoms with Crippen molar-refractivity contribution < 1.29 is 9.53 Å². The van der Waals surface area contributed by atoms with Crippen LogP contribution in [0, 0.1) is 6.92 Å². The number of ether oxygens (including phenoxy) is 1. The van der Waals surface area contributed by atoms with Gasteiger partial charge in [-0.25, -0.2) is 4.98 Å². The molecule has 0 bridgehead atoms. The standard InChI is InChI=1S/C19H18N2O2S/c1-3-23-15-10-8-14(9-11-15)19(22)21-17-7-5-4-6-16(17)18-12-24-13(2)20-18/h4-12H,3H2,1-2H3,(H,21,22). The van der Waals surface area contributed by atoms with E-state index in [0.29, 0.717) is 12.2 Å². The molecule has 0 saturated carbocycles. The molecule has 4 nitrogen and oxygen atoms in total. The summed E-state index contributed by atoms with van der Waals surface area (Å²) >= 11 is 1.59. The molecule has 24 heavy (non-hydrogen) atoms. The monoisotopic (exact) mass is 338 g/mol. The van der Waals surface area contributed by atoms with Crippen LogP contribution in [0.1, 0.15) is 22.3 Å². The second-order valence-electron chi connectivity index (χ2n) is 5.21. The average Bonchev–Trinajstić information content (AvgIpc) is 3.02. The minimum absolute atomic E-state index is 0.155. The van der Waals surface area contributed by atoms with E-state index in [1.165, 1.54) is 0 Å². The Morgan fingerprint density at radius 2 is 1.92 bits per heavy atom. The molecule has 0 aliphatic rings. The first-order chi connectivity index (χ1) is 11.7. The molecule has 2 aromatic carbocycles. The maximum absolute atomic E-state index is 12.5. The van der Waals surface area contributed by atoms with E-state index in [4.69, 9.17) is 4.74 Å². The summed E-state index contributed by atoms with van der Waals surface area (Å²) in [5.41, 5.74) is 3.13. The summed E-state index contributed by atoms with van der Waals surface area (Å²) in [5, 5.41) is 5.97. The number of carbonyl (C=O) groups excluding carboxylic acids is 1. The van der Waals surface area contributed by atoms with E-state index >= 15 is 0 Å². The summed E-state index contributed by atoms with van der Waals surface area (Å²) in [6.07, 6.45) is 0. The number of rotatable bonds is 5. The highest BCUT2D eigenvalue weighted by molar-refractivity contribution is 7.09. The third-order valence-corrected chi connectivity index (χ3v) is 4.27. The Kier molecular flexibility index (Phi) is 4.91. The number of benzene rings is 2. The van der Waals surface area contributed by atoms with E-state index in [9.17, 15) is 4.79 Å². The molecular weight excluding hydrogens is 320 g/mol. The summed E-state index contributed by atoms with van der Waals surface area (Å²) in [6.45, 7) is 4.50. The van der Waals surface area contributed by atoms with E-state index in [0.717, 1.165) is 27.7 Å². The highest BCUT2D eigenvalue weighted by Gasteiger charge is 2.12. The van der Waals surface area contributed by atoms with Crippen LogP contribution in [0.15, 0.2) is 53.9 Å². The lowest BCUT2D eigenvalue weighted by molar-refractivity contribution is 0.102. The van der Waals surface area contributed by atoms with Gasteiger partial charge in [0.25, 0.3) is 5.91 Å². The highest BCUT2D eigenvalue weighted by atomic mass is 32.1. The van der Waals surface area contributed by atoms with Crippen LogP contribution in [0.5, 0.6) is 5.75 Å². The normalized spacial score (nSPS) is 10.4. The van der Waals surface area contributed by atoms with Crippen molar-refractivity contribution in [2.75, 3.05) is 11.9 Å². The van der Waals surface area contributed by atoms with Crippen LogP contribution in [0.25, 0.3) is 11.3 Å². The Bertz CT molecular complexity index is 841. The third-order valence-electron chi connectivity index (χ3n) is 3.50. The number of anilines is 1. The maximum Gasteiger partial charge on any atom is 0.255 e. The molecule has 0 spiro atoms. The summed E-state index contributed by atoms with van der Waals surface area (Å²) in [7, 11) is 0. The smallest absolute Gasteiger partial charge is 0.255 e. The van der Waals surface area contributed by atoms with E-state index in [-0.39, 0.29) is 5.91 Å². The van der Waals surface area contributed by atoms with Crippen molar-refractivity contribution in [2.24, 2.45) is 0 Å². The number of nitrogens with zero attached hydrogens (tertiary/aromatic N) is 1. The third kappa shape index (κ3) is 3.63. The molecule has 0 radical (unpaired) electrons. The molecule has 0 atom stereocenters. The number of hydrogen-bond acceptors (Lipinski definition) is 4. The Hall–Kier alpha value is -2.66. The van der Waals surface area contributed by atoms with Crippen LogP contribution >= 0.6 is 11.3 Å².